The minimum absolute atomic E-state index is 0.258. The molecule has 2 fully saturated rings. The van der Waals surface area contributed by atoms with Crippen molar-refractivity contribution in [3.8, 4) is 22.8 Å². The number of hydrogen-bond acceptors (Lipinski definition) is 10. The Balaban J connectivity index is 1.00. The average Bonchev–Trinajstić information content (AvgIpc) is 3.53. The molecule has 0 unspecified atom stereocenters. The Hall–Kier alpha value is -3.96. The highest BCUT2D eigenvalue weighted by Gasteiger charge is 2.25. The molecular weight excluding hydrogens is 504 g/mol. The van der Waals surface area contributed by atoms with Crippen LogP contribution in [-0.2, 0) is 11.3 Å². The highest BCUT2D eigenvalue weighted by atomic mass is 32.2. The van der Waals surface area contributed by atoms with E-state index in [1.807, 2.05) is 36.4 Å². The standard InChI is InChI=1S/C27H26N6O4S/c34-25-24(38-27(35)33-25)13-19-10-11-28-26(32-19)31-18-7-5-17(6-8-18)29-14-20-2-1-3-21(30-20)16-4-9-22-23(12-16)37-15-36-22/h1-4,9-13,17-18,29H,5-8,14-15H2,(H,28,31,32)(H,33,34,35)/t17-,18-. The van der Waals surface area contributed by atoms with Crippen molar-refractivity contribution in [3.05, 3.63) is 65.0 Å². The lowest BCUT2D eigenvalue weighted by molar-refractivity contribution is -0.115. The first-order valence-electron chi connectivity index (χ1n) is 12.5. The lowest BCUT2D eigenvalue weighted by atomic mass is 9.91. The summed E-state index contributed by atoms with van der Waals surface area (Å²) in [6, 6.07) is 14.4. The zero-order valence-corrected chi connectivity index (χ0v) is 21.3. The summed E-state index contributed by atoms with van der Waals surface area (Å²) in [5, 5.41) is 8.96. The number of fused-ring (bicyclic) bond motifs is 1. The molecule has 0 atom stereocenters. The lowest BCUT2D eigenvalue weighted by Crippen LogP contribution is -2.37. The first-order valence-corrected chi connectivity index (χ1v) is 13.3. The SMILES string of the molecule is O=C1NC(=O)C(=Cc2ccnc(N[C@H]3CC[C@H](NCc4cccc(-c5ccc6c(c5)OCO6)n4)CC3)n2)S1. The van der Waals surface area contributed by atoms with Crippen molar-refractivity contribution in [3.63, 3.8) is 0 Å². The van der Waals surface area contributed by atoms with Crippen LogP contribution in [0.15, 0.2) is 53.6 Å². The van der Waals surface area contributed by atoms with Crippen LogP contribution in [0.5, 0.6) is 11.5 Å². The van der Waals surface area contributed by atoms with Gasteiger partial charge in [-0.25, -0.2) is 9.97 Å². The van der Waals surface area contributed by atoms with Crippen molar-refractivity contribution in [1.29, 1.82) is 0 Å². The molecular formula is C27H26N6O4S. The fourth-order valence-corrected chi connectivity index (χ4v) is 5.41. The Morgan fingerprint density at radius 2 is 1.84 bits per heavy atom. The molecule has 4 heterocycles. The number of rotatable bonds is 7. The number of thioether (sulfide) groups is 1. The molecule has 3 aromatic rings. The fourth-order valence-electron chi connectivity index (χ4n) is 4.75. The van der Waals surface area contributed by atoms with Gasteiger partial charge in [-0.15, -0.1) is 0 Å². The third kappa shape index (κ3) is 5.63. The molecule has 38 heavy (non-hydrogen) atoms. The minimum Gasteiger partial charge on any atom is -0.454 e. The number of nitrogens with zero attached hydrogens (tertiary/aromatic N) is 3. The van der Waals surface area contributed by atoms with E-state index >= 15 is 0 Å². The Bertz CT molecular complexity index is 1410. The molecule has 6 rings (SSSR count). The molecule has 2 amide bonds. The average molecular weight is 531 g/mol. The van der Waals surface area contributed by atoms with Gasteiger partial charge < -0.3 is 20.1 Å². The molecule has 1 saturated carbocycles. The Morgan fingerprint density at radius 3 is 2.68 bits per heavy atom. The van der Waals surface area contributed by atoms with Gasteiger partial charge >= 0.3 is 0 Å². The van der Waals surface area contributed by atoms with Gasteiger partial charge in [0.1, 0.15) is 0 Å². The van der Waals surface area contributed by atoms with Crippen molar-refractivity contribution in [2.24, 2.45) is 0 Å². The van der Waals surface area contributed by atoms with Crippen LogP contribution >= 0.6 is 11.8 Å². The third-order valence-electron chi connectivity index (χ3n) is 6.71. The molecule has 2 aliphatic heterocycles. The van der Waals surface area contributed by atoms with Gasteiger partial charge in [0.25, 0.3) is 11.1 Å². The number of imide groups is 1. The lowest BCUT2D eigenvalue weighted by Gasteiger charge is -2.29. The molecule has 3 aliphatic rings. The summed E-state index contributed by atoms with van der Waals surface area (Å²) in [5.41, 5.74) is 3.49. The van der Waals surface area contributed by atoms with Crippen LogP contribution in [0.3, 0.4) is 0 Å². The topological polar surface area (TPSA) is 127 Å². The molecule has 0 radical (unpaired) electrons. The summed E-state index contributed by atoms with van der Waals surface area (Å²) in [5.74, 6) is 1.65. The number of carbonyl (C=O) groups excluding carboxylic acids is 2. The number of nitrogens with one attached hydrogen (secondary N) is 3. The quantitative estimate of drug-likeness (QED) is 0.384. The zero-order chi connectivity index (χ0) is 25.9. The second-order valence-corrected chi connectivity index (χ2v) is 10.3. The summed E-state index contributed by atoms with van der Waals surface area (Å²) in [4.78, 5) is 37.2. The summed E-state index contributed by atoms with van der Waals surface area (Å²) < 4.78 is 10.9. The predicted molar refractivity (Wildman–Crippen MR) is 143 cm³/mol. The number of aromatic nitrogens is 3. The molecule has 0 bridgehead atoms. The van der Waals surface area contributed by atoms with E-state index in [-0.39, 0.29) is 18.1 Å². The van der Waals surface area contributed by atoms with E-state index in [0.29, 0.717) is 29.1 Å². The van der Waals surface area contributed by atoms with Crippen LogP contribution in [-0.4, -0.2) is 45.0 Å². The van der Waals surface area contributed by atoms with Crippen LogP contribution in [0.2, 0.25) is 0 Å². The maximum Gasteiger partial charge on any atom is 0.290 e. The van der Waals surface area contributed by atoms with Gasteiger partial charge in [-0.05, 0) is 79.9 Å². The van der Waals surface area contributed by atoms with Crippen LogP contribution in [0.4, 0.5) is 10.7 Å². The fraction of sp³-hybridized carbons (Fsp3) is 0.296. The second-order valence-electron chi connectivity index (χ2n) is 9.31. The number of benzene rings is 1. The summed E-state index contributed by atoms with van der Waals surface area (Å²) in [6.45, 7) is 0.961. The van der Waals surface area contributed by atoms with Crippen LogP contribution in [0.1, 0.15) is 37.1 Å². The molecule has 11 heteroatoms. The number of hydrogen-bond donors (Lipinski definition) is 3. The van der Waals surface area contributed by atoms with Gasteiger partial charge in [0, 0.05) is 30.4 Å². The summed E-state index contributed by atoms with van der Waals surface area (Å²) in [7, 11) is 0. The monoisotopic (exact) mass is 530 g/mol. The summed E-state index contributed by atoms with van der Waals surface area (Å²) in [6.07, 6.45) is 7.30. The van der Waals surface area contributed by atoms with Gasteiger partial charge in [-0.2, -0.15) is 0 Å². The first-order chi connectivity index (χ1) is 18.6. The second kappa shape index (κ2) is 10.8. The number of anilines is 1. The van der Waals surface area contributed by atoms with E-state index < -0.39 is 5.91 Å². The van der Waals surface area contributed by atoms with E-state index in [0.717, 1.165) is 65.9 Å². The molecule has 10 nitrogen and oxygen atoms in total. The Labute approximate surface area is 223 Å². The van der Waals surface area contributed by atoms with Gasteiger partial charge in [0.15, 0.2) is 11.5 Å². The van der Waals surface area contributed by atoms with E-state index in [9.17, 15) is 9.59 Å². The highest BCUT2D eigenvalue weighted by Crippen LogP contribution is 2.35. The van der Waals surface area contributed by atoms with Crippen molar-refractivity contribution >= 4 is 34.9 Å². The normalized spacial score (nSPS) is 21.5. The number of amides is 2. The smallest absolute Gasteiger partial charge is 0.290 e. The molecule has 1 aromatic carbocycles. The van der Waals surface area contributed by atoms with Crippen LogP contribution in [0, 0.1) is 0 Å². The van der Waals surface area contributed by atoms with E-state index in [2.05, 4.69) is 25.9 Å². The van der Waals surface area contributed by atoms with Crippen molar-refractivity contribution in [2.75, 3.05) is 12.1 Å². The van der Waals surface area contributed by atoms with Crippen LogP contribution in [0.25, 0.3) is 17.3 Å². The number of carbonyl (C=O) groups is 2. The van der Waals surface area contributed by atoms with Gasteiger partial charge in [0.05, 0.1) is 22.0 Å². The number of pyridine rings is 1. The maximum absolute atomic E-state index is 11.8. The van der Waals surface area contributed by atoms with Crippen molar-refractivity contribution in [1.82, 2.24) is 25.6 Å². The van der Waals surface area contributed by atoms with Gasteiger partial charge in [-0.3, -0.25) is 19.9 Å². The molecule has 194 valence electrons. The number of ether oxygens (including phenoxy) is 2. The molecule has 2 aromatic heterocycles. The maximum atomic E-state index is 11.8. The zero-order valence-electron chi connectivity index (χ0n) is 20.5. The van der Waals surface area contributed by atoms with Crippen LogP contribution < -0.4 is 25.4 Å². The first kappa shape index (κ1) is 24.4. The predicted octanol–water partition coefficient (Wildman–Crippen LogP) is 4.10. The minimum atomic E-state index is -0.395. The van der Waals surface area contributed by atoms with Gasteiger partial charge in [0.2, 0.25) is 12.7 Å². The van der Waals surface area contributed by atoms with Crippen molar-refractivity contribution in [2.45, 2.75) is 44.3 Å². The highest BCUT2D eigenvalue weighted by molar-refractivity contribution is 8.18. The van der Waals surface area contributed by atoms with E-state index in [1.165, 1.54) is 0 Å². The molecule has 0 spiro atoms. The molecule has 3 N–H and O–H groups in total. The third-order valence-corrected chi connectivity index (χ3v) is 7.52. The Kier molecular flexibility index (Phi) is 6.93. The Morgan fingerprint density at radius 1 is 1.00 bits per heavy atom. The van der Waals surface area contributed by atoms with E-state index in [1.54, 1.807) is 18.3 Å². The largest absolute Gasteiger partial charge is 0.454 e. The summed E-state index contributed by atoms with van der Waals surface area (Å²) >= 11 is 0.877. The van der Waals surface area contributed by atoms with Crippen molar-refractivity contribution < 1.29 is 19.1 Å². The molecule has 1 aliphatic carbocycles. The van der Waals surface area contributed by atoms with Gasteiger partial charge in [-0.1, -0.05) is 6.07 Å². The van der Waals surface area contributed by atoms with E-state index in [4.69, 9.17) is 14.5 Å². The molecule has 1 saturated heterocycles.